The van der Waals surface area contributed by atoms with E-state index in [4.69, 9.17) is 4.99 Å². The minimum absolute atomic E-state index is 0.0888. The van der Waals surface area contributed by atoms with Gasteiger partial charge in [0.25, 0.3) is 5.91 Å². The molecule has 32 heavy (non-hydrogen) atoms. The van der Waals surface area contributed by atoms with Crippen LogP contribution < -0.4 is 0 Å². The molecule has 1 fully saturated rings. The number of nitrogens with zero attached hydrogens (tertiary/aromatic N) is 3. The second-order valence-corrected chi connectivity index (χ2v) is 8.28. The number of amides is 1. The molecule has 0 unspecified atom stereocenters. The van der Waals surface area contributed by atoms with Crippen molar-refractivity contribution in [1.29, 1.82) is 0 Å². The standard InChI is InChI=1S/C26H20N4OS/c1-2-15-30-25(31)23(16-20-17-27-29-24(20)19-10-4-3-5-11-19)32-26(30)28-22-14-8-12-18-9-6-7-13-21(18)22/h2-14,16-17H,1,15H2,(H,27,29). The van der Waals surface area contributed by atoms with Gasteiger partial charge in [-0.15, -0.1) is 6.58 Å². The Bertz CT molecular complexity index is 1370. The number of amidine groups is 1. The van der Waals surface area contributed by atoms with Gasteiger partial charge in [-0.25, -0.2) is 4.99 Å². The molecule has 1 amide bonds. The lowest BCUT2D eigenvalue weighted by molar-refractivity contribution is -0.121. The summed E-state index contributed by atoms with van der Waals surface area (Å²) < 4.78 is 0. The Balaban J connectivity index is 1.55. The molecule has 0 spiro atoms. The Kier molecular flexibility index (Phi) is 5.44. The first-order valence-electron chi connectivity index (χ1n) is 10.2. The second-order valence-electron chi connectivity index (χ2n) is 7.27. The molecule has 0 atom stereocenters. The zero-order valence-corrected chi connectivity index (χ0v) is 18.0. The Morgan fingerprint density at radius 3 is 2.66 bits per heavy atom. The normalized spacial score (nSPS) is 16.4. The second kappa shape index (κ2) is 8.69. The number of aliphatic imine (C=N–C) groups is 1. The van der Waals surface area contributed by atoms with Crippen LogP contribution in [0.2, 0.25) is 0 Å². The lowest BCUT2D eigenvalue weighted by Gasteiger charge is -2.13. The highest BCUT2D eigenvalue weighted by Gasteiger charge is 2.33. The summed E-state index contributed by atoms with van der Waals surface area (Å²) >= 11 is 1.37. The van der Waals surface area contributed by atoms with Crippen molar-refractivity contribution in [2.24, 2.45) is 4.99 Å². The van der Waals surface area contributed by atoms with Crippen LogP contribution in [-0.2, 0) is 4.79 Å². The number of rotatable bonds is 5. The summed E-state index contributed by atoms with van der Waals surface area (Å²) in [6, 6.07) is 24.1. The van der Waals surface area contributed by atoms with Crippen LogP contribution in [0.25, 0.3) is 28.1 Å². The molecule has 4 aromatic rings. The van der Waals surface area contributed by atoms with Crippen molar-refractivity contribution in [3.8, 4) is 11.3 Å². The summed E-state index contributed by atoms with van der Waals surface area (Å²) in [4.78, 5) is 20.3. The topological polar surface area (TPSA) is 61.4 Å². The number of fused-ring (bicyclic) bond motifs is 1. The molecule has 1 aliphatic heterocycles. The van der Waals surface area contributed by atoms with E-state index in [0.717, 1.165) is 33.3 Å². The summed E-state index contributed by atoms with van der Waals surface area (Å²) in [5.41, 5.74) is 3.58. The zero-order chi connectivity index (χ0) is 21.9. The summed E-state index contributed by atoms with van der Waals surface area (Å²) in [7, 11) is 0. The van der Waals surface area contributed by atoms with Gasteiger partial charge in [-0.3, -0.25) is 14.8 Å². The fourth-order valence-electron chi connectivity index (χ4n) is 3.67. The molecule has 0 aliphatic carbocycles. The van der Waals surface area contributed by atoms with Gasteiger partial charge in [0.05, 0.1) is 22.5 Å². The van der Waals surface area contributed by atoms with E-state index in [1.165, 1.54) is 11.8 Å². The maximum Gasteiger partial charge on any atom is 0.267 e. The van der Waals surface area contributed by atoms with Crippen molar-refractivity contribution in [2.75, 3.05) is 6.54 Å². The van der Waals surface area contributed by atoms with Crippen LogP contribution in [0.5, 0.6) is 0 Å². The smallest absolute Gasteiger partial charge is 0.267 e. The summed E-state index contributed by atoms with van der Waals surface area (Å²) in [5.74, 6) is -0.0888. The van der Waals surface area contributed by atoms with Crippen molar-refractivity contribution >= 4 is 45.4 Å². The van der Waals surface area contributed by atoms with E-state index in [1.807, 2.05) is 66.7 Å². The van der Waals surface area contributed by atoms with Gasteiger partial charge in [-0.1, -0.05) is 72.8 Å². The molecule has 1 aliphatic rings. The SMILES string of the molecule is C=CCN1C(=O)C(=Cc2cn[nH]c2-c2ccccc2)SC1=Nc1cccc2ccccc12. The molecule has 5 rings (SSSR count). The maximum absolute atomic E-state index is 13.2. The van der Waals surface area contributed by atoms with Crippen LogP contribution in [0.1, 0.15) is 5.56 Å². The van der Waals surface area contributed by atoms with Gasteiger partial charge >= 0.3 is 0 Å². The molecule has 1 N–H and O–H groups in total. The third-order valence-corrected chi connectivity index (χ3v) is 6.21. The molecule has 6 heteroatoms. The van der Waals surface area contributed by atoms with Crippen molar-refractivity contribution in [1.82, 2.24) is 15.1 Å². The van der Waals surface area contributed by atoms with Gasteiger partial charge in [0.1, 0.15) is 0 Å². The van der Waals surface area contributed by atoms with Gasteiger partial charge in [0, 0.05) is 23.1 Å². The van der Waals surface area contributed by atoms with E-state index in [0.29, 0.717) is 16.6 Å². The molecular weight excluding hydrogens is 416 g/mol. The van der Waals surface area contributed by atoms with Gasteiger partial charge in [0.2, 0.25) is 0 Å². The lowest BCUT2D eigenvalue weighted by Crippen LogP contribution is -2.29. The molecular formula is C26H20N4OS. The highest BCUT2D eigenvalue weighted by molar-refractivity contribution is 8.18. The van der Waals surface area contributed by atoms with Crippen LogP contribution in [0.3, 0.4) is 0 Å². The van der Waals surface area contributed by atoms with Crippen molar-refractivity contribution in [2.45, 2.75) is 0 Å². The summed E-state index contributed by atoms with van der Waals surface area (Å²) in [5, 5.41) is 10.0. The van der Waals surface area contributed by atoms with Crippen LogP contribution in [-0.4, -0.2) is 32.7 Å². The fourth-order valence-corrected chi connectivity index (χ4v) is 4.66. The number of hydrogen-bond acceptors (Lipinski definition) is 4. The Morgan fingerprint density at radius 2 is 1.81 bits per heavy atom. The molecule has 1 aromatic heterocycles. The van der Waals surface area contributed by atoms with Crippen molar-refractivity contribution in [3.63, 3.8) is 0 Å². The quantitative estimate of drug-likeness (QED) is 0.307. The van der Waals surface area contributed by atoms with E-state index < -0.39 is 0 Å². The largest absolute Gasteiger partial charge is 0.283 e. The van der Waals surface area contributed by atoms with Gasteiger partial charge in [0.15, 0.2) is 5.17 Å². The van der Waals surface area contributed by atoms with Crippen molar-refractivity contribution in [3.05, 3.63) is 102 Å². The van der Waals surface area contributed by atoms with Gasteiger partial charge < -0.3 is 0 Å². The first-order valence-corrected chi connectivity index (χ1v) is 11.0. The van der Waals surface area contributed by atoms with Crippen LogP contribution >= 0.6 is 11.8 Å². The number of benzene rings is 3. The predicted molar refractivity (Wildman–Crippen MR) is 133 cm³/mol. The highest BCUT2D eigenvalue weighted by Crippen LogP contribution is 2.36. The van der Waals surface area contributed by atoms with Crippen LogP contribution in [0.15, 0.2) is 102 Å². The maximum atomic E-state index is 13.2. The Hall–Kier alpha value is -3.90. The minimum atomic E-state index is -0.0888. The molecule has 0 bridgehead atoms. The first-order chi connectivity index (χ1) is 15.7. The van der Waals surface area contributed by atoms with E-state index in [2.05, 4.69) is 28.9 Å². The Morgan fingerprint density at radius 1 is 1.03 bits per heavy atom. The molecule has 0 radical (unpaired) electrons. The molecule has 5 nitrogen and oxygen atoms in total. The predicted octanol–water partition coefficient (Wildman–Crippen LogP) is 6.02. The fraction of sp³-hybridized carbons (Fsp3) is 0.0385. The summed E-state index contributed by atoms with van der Waals surface area (Å²) in [6.07, 6.45) is 5.33. The number of nitrogens with one attached hydrogen (secondary N) is 1. The Labute approximate surface area is 190 Å². The number of carbonyl (C=O) groups excluding carboxylic acids is 1. The number of aromatic amines is 1. The van der Waals surface area contributed by atoms with Crippen LogP contribution in [0.4, 0.5) is 5.69 Å². The number of hydrogen-bond donors (Lipinski definition) is 1. The van der Waals surface area contributed by atoms with E-state index in [9.17, 15) is 4.79 Å². The van der Waals surface area contributed by atoms with E-state index in [-0.39, 0.29) is 5.91 Å². The molecule has 1 saturated heterocycles. The third-order valence-electron chi connectivity index (χ3n) is 5.20. The molecule has 156 valence electrons. The first kappa shape index (κ1) is 20.0. The number of carbonyl (C=O) groups is 1. The average Bonchev–Trinajstić information content (AvgIpc) is 3.41. The number of aromatic nitrogens is 2. The minimum Gasteiger partial charge on any atom is -0.283 e. The van der Waals surface area contributed by atoms with E-state index in [1.54, 1.807) is 17.2 Å². The lowest BCUT2D eigenvalue weighted by atomic mass is 10.1. The van der Waals surface area contributed by atoms with Gasteiger partial charge in [-0.05, 0) is 29.3 Å². The summed E-state index contributed by atoms with van der Waals surface area (Å²) in [6.45, 7) is 4.20. The molecule has 3 aromatic carbocycles. The average molecular weight is 437 g/mol. The van der Waals surface area contributed by atoms with Crippen molar-refractivity contribution < 1.29 is 4.79 Å². The zero-order valence-electron chi connectivity index (χ0n) is 17.2. The monoisotopic (exact) mass is 436 g/mol. The van der Waals surface area contributed by atoms with Gasteiger partial charge in [-0.2, -0.15) is 5.10 Å². The third kappa shape index (κ3) is 3.76. The molecule has 2 heterocycles. The van der Waals surface area contributed by atoms with Crippen LogP contribution in [0, 0.1) is 0 Å². The highest BCUT2D eigenvalue weighted by atomic mass is 32.2. The molecule has 0 saturated carbocycles. The van der Waals surface area contributed by atoms with E-state index >= 15 is 0 Å². The number of H-pyrrole nitrogens is 1. The number of thioether (sulfide) groups is 1.